The lowest BCUT2D eigenvalue weighted by Gasteiger charge is -2.17. The number of benzene rings is 1. The van der Waals surface area contributed by atoms with Gasteiger partial charge in [-0.1, -0.05) is 12.8 Å². The average Bonchev–Trinajstić information content (AvgIpc) is 2.42. The van der Waals surface area contributed by atoms with Gasteiger partial charge in [-0.25, -0.2) is 18.6 Å². The van der Waals surface area contributed by atoms with Crippen LogP contribution in [-0.2, 0) is 12.8 Å². The summed E-state index contributed by atoms with van der Waals surface area (Å²) in [7, 11) is 0. The minimum Gasteiger partial charge on any atom is -0.478 e. The van der Waals surface area contributed by atoms with Crippen LogP contribution in [0.2, 0.25) is 0 Å². The number of nitrogens with zero attached hydrogens (tertiary/aromatic N) is 1. The third-order valence-electron chi connectivity index (χ3n) is 4.03. The number of hydrogen-bond donors (Lipinski definition) is 1. The number of rotatable bonds is 1. The zero-order valence-corrected chi connectivity index (χ0v) is 11.5. The van der Waals surface area contributed by atoms with Crippen LogP contribution in [0.4, 0.5) is 8.78 Å². The van der Waals surface area contributed by atoms with Gasteiger partial charge in [0.25, 0.3) is 0 Å². The van der Waals surface area contributed by atoms with Crippen LogP contribution < -0.4 is 0 Å². The van der Waals surface area contributed by atoms with Crippen LogP contribution >= 0.6 is 0 Å². The topological polar surface area (TPSA) is 50.2 Å². The lowest BCUT2D eigenvalue weighted by Crippen LogP contribution is -2.13. The molecule has 0 fully saturated rings. The van der Waals surface area contributed by atoms with E-state index in [1.54, 1.807) is 0 Å². The molecule has 0 saturated heterocycles. The Balaban J connectivity index is 2.40. The highest BCUT2D eigenvalue weighted by molar-refractivity contribution is 6.04. The van der Waals surface area contributed by atoms with E-state index in [2.05, 4.69) is 4.98 Å². The summed E-state index contributed by atoms with van der Waals surface area (Å²) in [6.07, 6.45) is 4.96. The Morgan fingerprint density at radius 1 is 1.05 bits per heavy atom. The first-order valence-corrected chi connectivity index (χ1v) is 7.12. The normalized spacial score (nSPS) is 15.3. The van der Waals surface area contributed by atoms with Crippen LogP contribution in [-0.4, -0.2) is 16.1 Å². The van der Waals surface area contributed by atoms with Crippen molar-refractivity contribution in [3.63, 3.8) is 0 Å². The second-order valence-corrected chi connectivity index (χ2v) is 5.38. The van der Waals surface area contributed by atoms with Crippen molar-refractivity contribution in [3.8, 4) is 0 Å². The molecule has 1 aromatic carbocycles. The number of carboxylic acids is 1. The van der Waals surface area contributed by atoms with Gasteiger partial charge in [0.15, 0.2) is 0 Å². The summed E-state index contributed by atoms with van der Waals surface area (Å²) in [5.74, 6) is -2.64. The monoisotopic (exact) mass is 291 g/mol. The molecule has 1 N–H and O–H groups in total. The van der Waals surface area contributed by atoms with Crippen LogP contribution in [0.5, 0.6) is 0 Å². The van der Waals surface area contributed by atoms with Crippen molar-refractivity contribution in [1.82, 2.24) is 4.98 Å². The fourth-order valence-corrected chi connectivity index (χ4v) is 3.05. The van der Waals surface area contributed by atoms with Crippen LogP contribution in [0, 0.1) is 11.6 Å². The fourth-order valence-electron chi connectivity index (χ4n) is 3.05. The molecule has 0 spiro atoms. The second kappa shape index (κ2) is 5.39. The van der Waals surface area contributed by atoms with Gasteiger partial charge < -0.3 is 5.11 Å². The predicted octanol–water partition coefficient (Wildman–Crippen LogP) is 3.87. The van der Waals surface area contributed by atoms with Gasteiger partial charge in [-0.05, 0) is 43.4 Å². The Kier molecular flexibility index (Phi) is 3.57. The Hall–Kier alpha value is -2.04. The van der Waals surface area contributed by atoms with Crippen molar-refractivity contribution in [2.45, 2.75) is 38.5 Å². The molecule has 0 amide bonds. The van der Waals surface area contributed by atoms with Gasteiger partial charge in [0.05, 0.1) is 10.9 Å². The van der Waals surface area contributed by atoms with E-state index in [0.29, 0.717) is 24.1 Å². The van der Waals surface area contributed by atoms with E-state index in [-0.39, 0.29) is 16.5 Å². The molecule has 0 aliphatic heterocycles. The molecular weight excluding hydrogens is 276 g/mol. The number of halogens is 2. The summed E-state index contributed by atoms with van der Waals surface area (Å²) in [5.41, 5.74) is 0.879. The van der Waals surface area contributed by atoms with E-state index in [4.69, 9.17) is 0 Å². The quantitative estimate of drug-likeness (QED) is 0.867. The van der Waals surface area contributed by atoms with Crippen molar-refractivity contribution >= 4 is 16.9 Å². The zero-order chi connectivity index (χ0) is 15.0. The molecule has 1 aliphatic rings. The van der Waals surface area contributed by atoms with Crippen molar-refractivity contribution < 1.29 is 18.7 Å². The summed E-state index contributed by atoms with van der Waals surface area (Å²) in [6.45, 7) is 0. The molecule has 1 aliphatic carbocycles. The first-order chi connectivity index (χ1) is 10.1. The Morgan fingerprint density at radius 2 is 1.71 bits per heavy atom. The van der Waals surface area contributed by atoms with Gasteiger partial charge in [0, 0.05) is 5.69 Å². The van der Waals surface area contributed by atoms with Crippen molar-refractivity contribution in [1.29, 1.82) is 0 Å². The highest BCUT2D eigenvalue weighted by Crippen LogP contribution is 2.31. The molecule has 0 saturated carbocycles. The molecule has 0 bridgehead atoms. The molecule has 110 valence electrons. The Bertz CT molecular complexity index is 728. The summed E-state index contributed by atoms with van der Waals surface area (Å²) >= 11 is 0. The Labute approximate surface area is 120 Å². The first kappa shape index (κ1) is 13.9. The summed E-state index contributed by atoms with van der Waals surface area (Å²) in [4.78, 5) is 15.9. The number of carbonyl (C=O) groups is 1. The maximum absolute atomic E-state index is 14.1. The van der Waals surface area contributed by atoms with Gasteiger partial charge in [-0.3, -0.25) is 0 Å². The van der Waals surface area contributed by atoms with E-state index in [0.717, 1.165) is 37.8 Å². The van der Waals surface area contributed by atoms with E-state index >= 15 is 0 Å². The van der Waals surface area contributed by atoms with Gasteiger partial charge in [-0.2, -0.15) is 0 Å². The van der Waals surface area contributed by atoms with E-state index < -0.39 is 17.6 Å². The minimum absolute atomic E-state index is 0.117. The highest BCUT2D eigenvalue weighted by atomic mass is 19.1. The van der Waals surface area contributed by atoms with Gasteiger partial charge in [-0.15, -0.1) is 0 Å². The molecule has 0 radical (unpaired) electrons. The molecule has 1 heterocycles. The third-order valence-corrected chi connectivity index (χ3v) is 4.03. The molecule has 21 heavy (non-hydrogen) atoms. The molecule has 2 aromatic rings. The number of aromatic nitrogens is 1. The predicted molar refractivity (Wildman–Crippen MR) is 74.5 cm³/mol. The number of pyridine rings is 1. The molecular formula is C16H15F2NO2. The largest absolute Gasteiger partial charge is 0.478 e. The van der Waals surface area contributed by atoms with Crippen LogP contribution in [0.3, 0.4) is 0 Å². The summed E-state index contributed by atoms with van der Waals surface area (Å²) in [6, 6.07) is 1.95. The Morgan fingerprint density at radius 3 is 2.43 bits per heavy atom. The smallest absolute Gasteiger partial charge is 0.336 e. The highest BCUT2D eigenvalue weighted by Gasteiger charge is 2.24. The molecule has 1 aromatic heterocycles. The van der Waals surface area contributed by atoms with Crippen LogP contribution in [0.1, 0.15) is 47.3 Å². The van der Waals surface area contributed by atoms with E-state index in [1.165, 1.54) is 0 Å². The zero-order valence-electron chi connectivity index (χ0n) is 11.5. The maximum atomic E-state index is 14.1. The number of carboxylic acid groups (broad SMARTS) is 1. The molecule has 0 atom stereocenters. The SMILES string of the molecule is O=C(O)c1c2c(nc3c(F)ccc(F)c13)CCCCCC2. The molecule has 0 unspecified atom stereocenters. The average molecular weight is 291 g/mol. The van der Waals surface area contributed by atoms with Crippen molar-refractivity contribution in [3.05, 3.63) is 40.6 Å². The van der Waals surface area contributed by atoms with Crippen LogP contribution in [0.15, 0.2) is 12.1 Å². The van der Waals surface area contributed by atoms with Gasteiger partial charge in [0.2, 0.25) is 0 Å². The number of aryl methyl sites for hydroxylation is 1. The van der Waals surface area contributed by atoms with Crippen molar-refractivity contribution in [2.75, 3.05) is 0 Å². The lowest BCUT2D eigenvalue weighted by molar-refractivity contribution is 0.0697. The van der Waals surface area contributed by atoms with E-state index in [9.17, 15) is 18.7 Å². The lowest BCUT2D eigenvalue weighted by atomic mass is 9.91. The molecule has 5 heteroatoms. The van der Waals surface area contributed by atoms with Crippen LogP contribution in [0.25, 0.3) is 10.9 Å². The maximum Gasteiger partial charge on any atom is 0.336 e. The third kappa shape index (κ3) is 2.37. The van der Waals surface area contributed by atoms with Crippen molar-refractivity contribution in [2.24, 2.45) is 0 Å². The minimum atomic E-state index is -1.22. The summed E-state index contributed by atoms with van der Waals surface area (Å²) in [5, 5.41) is 9.29. The first-order valence-electron chi connectivity index (χ1n) is 7.12. The summed E-state index contributed by atoms with van der Waals surface area (Å²) < 4.78 is 28.0. The number of aromatic carboxylic acids is 1. The molecule has 3 nitrogen and oxygen atoms in total. The standard InChI is InChI=1S/C16H15F2NO2/c17-10-7-8-11(18)15-14(10)13(16(20)21)9-5-3-1-2-4-6-12(9)19-15/h7-8H,1-6H2,(H,20,21). The van der Waals surface area contributed by atoms with Gasteiger partial charge in [0.1, 0.15) is 17.2 Å². The fraction of sp³-hybridized carbons (Fsp3) is 0.375. The van der Waals surface area contributed by atoms with Gasteiger partial charge >= 0.3 is 5.97 Å². The number of hydrogen-bond acceptors (Lipinski definition) is 2. The second-order valence-electron chi connectivity index (χ2n) is 5.38. The molecule has 3 rings (SSSR count). The number of fused-ring (bicyclic) bond motifs is 2. The van der Waals surface area contributed by atoms with E-state index in [1.807, 2.05) is 0 Å².